The summed E-state index contributed by atoms with van der Waals surface area (Å²) in [4.78, 5) is 11.9. The van der Waals surface area contributed by atoms with Gasteiger partial charge in [0.2, 0.25) is 5.95 Å². The van der Waals surface area contributed by atoms with Gasteiger partial charge < -0.3 is 10.1 Å². The number of alkyl halides is 6. The Morgan fingerprint density at radius 1 is 0.906 bits per heavy atom. The van der Waals surface area contributed by atoms with Gasteiger partial charge in [0, 0.05) is 11.3 Å². The van der Waals surface area contributed by atoms with Crippen LogP contribution in [0.5, 0.6) is 6.01 Å². The standard InChI is InChI=1S/C21H18F6N4O/c1-12(2)13-5-3-6-14(9-13)17-29-18(31-19(30-17)32-11-20(22,23)24)28-16-8-4-7-15(10-16)21(25,26)27/h3-10,12H,11H2,1-2H3,(H,28,29,30,31). The smallest absolute Gasteiger partial charge is 0.422 e. The van der Waals surface area contributed by atoms with Crippen molar-refractivity contribution in [2.75, 3.05) is 11.9 Å². The summed E-state index contributed by atoms with van der Waals surface area (Å²) in [5.41, 5.74) is 0.514. The van der Waals surface area contributed by atoms with Crippen molar-refractivity contribution in [2.24, 2.45) is 0 Å². The normalized spacial score (nSPS) is 12.2. The van der Waals surface area contributed by atoms with Gasteiger partial charge >= 0.3 is 18.4 Å². The number of ether oxygens (including phenoxy) is 1. The molecule has 0 amide bonds. The molecule has 2 aromatic carbocycles. The number of aromatic nitrogens is 3. The second-order valence-corrected chi connectivity index (χ2v) is 7.15. The molecule has 170 valence electrons. The Balaban J connectivity index is 2.00. The first kappa shape index (κ1) is 23.3. The molecule has 5 nitrogen and oxygen atoms in total. The Kier molecular flexibility index (Phi) is 6.56. The van der Waals surface area contributed by atoms with Crippen LogP contribution in [0.25, 0.3) is 11.4 Å². The number of hydrogen-bond acceptors (Lipinski definition) is 5. The van der Waals surface area contributed by atoms with Gasteiger partial charge in [0.15, 0.2) is 12.4 Å². The van der Waals surface area contributed by atoms with E-state index in [0.29, 0.717) is 5.56 Å². The van der Waals surface area contributed by atoms with Crippen molar-refractivity contribution < 1.29 is 31.1 Å². The number of nitrogens with one attached hydrogen (secondary N) is 1. The highest BCUT2D eigenvalue weighted by Crippen LogP contribution is 2.31. The minimum Gasteiger partial charge on any atom is -0.454 e. The molecule has 1 aromatic heterocycles. The van der Waals surface area contributed by atoms with Crippen molar-refractivity contribution in [3.8, 4) is 17.4 Å². The number of hydrogen-bond donors (Lipinski definition) is 1. The first-order chi connectivity index (χ1) is 14.9. The molecule has 3 aromatic rings. The number of nitrogens with zero attached hydrogens (tertiary/aromatic N) is 3. The van der Waals surface area contributed by atoms with Gasteiger partial charge in [0.05, 0.1) is 5.56 Å². The van der Waals surface area contributed by atoms with Gasteiger partial charge in [-0.05, 0) is 35.7 Å². The third-order valence-corrected chi connectivity index (χ3v) is 4.24. The Bertz CT molecular complexity index is 1080. The predicted molar refractivity (Wildman–Crippen MR) is 106 cm³/mol. The highest BCUT2D eigenvalue weighted by atomic mass is 19.4. The first-order valence-corrected chi connectivity index (χ1v) is 9.41. The minimum atomic E-state index is -4.63. The average molecular weight is 456 g/mol. The lowest BCUT2D eigenvalue weighted by atomic mass is 10.0. The fourth-order valence-electron chi connectivity index (χ4n) is 2.69. The van der Waals surface area contributed by atoms with Crippen LogP contribution in [-0.2, 0) is 6.18 Å². The summed E-state index contributed by atoms with van der Waals surface area (Å²) in [7, 11) is 0. The second-order valence-electron chi connectivity index (χ2n) is 7.15. The van der Waals surface area contributed by atoms with Crippen molar-refractivity contribution in [1.82, 2.24) is 15.0 Å². The monoisotopic (exact) mass is 456 g/mol. The third kappa shape index (κ3) is 6.32. The topological polar surface area (TPSA) is 59.9 Å². The van der Waals surface area contributed by atoms with Crippen molar-refractivity contribution >= 4 is 11.6 Å². The molecule has 11 heteroatoms. The molecule has 1 heterocycles. The molecular formula is C21H18F6N4O. The molecule has 0 aliphatic carbocycles. The van der Waals surface area contributed by atoms with Crippen LogP contribution in [0.3, 0.4) is 0 Å². The van der Waals surface area contributed by atoms with Gasteiger partial charge in [-0.2, -0.15) is 41.3 Å². The summed E-state index contributed by atoms with van der Waals surface area (Å²) in [6.07, 6.45) is -9.20. The second kappa shape index (κ2) is 9.01. The minimum absolute atomic E-state index is 0.00493. The molecule has 0 radical (unpaired) electrons. The lowest BCUT2D eigenvalue weighted by Crippen LogP contribution is -2.20. The Morgan fingerprint density at radius 3 is 2.28 bits per heavy atom. The molecule has 0 aliphatic heterocycles. The van der Waals surface area contributed by atoms with E-state index in [1.807, 2.05) is 19.9 Å². The number of benzene rings is 2. The van der Waals surface area contributed by atoms with Crippen molar-refractivity contribution in [3.63, 3.8) is 0 Å². The van der Waals surface area contributed by atoms with Gasteiger partial charge in [-0.1, -0.05) is 38.1 Å². The SMILES string of the molecule is CC(C)c1cccc(-c2nc(Nc3cccc(C(F)(F)F)c3)nc(OCC(F)(F)F)n2)c1. The van der Waals surface area contributed by atoms with Gasteiger partial charge in [-0.25, -0.2) is 0 Å². The molecule has 0 fully saturated rings. The molecule has 0 atom stereocenters. The zero-order chi connectivity index (χ0) is 23.5. The van der Waals surface area contributed by atoms with Gasteiger partial charge in [0.25, 0.3) is 0 Å². The van der Waals surface area contributed by atoms with Gasteiger partial charge in [-0.15, -0.1) is 0 Å². The third-order valence-electron chi connectivity index (χ3n) is 4.24. The molecule has 0 saturated carbocycles. The van der Waals surface area contributed by atoms with Gasteiger partial charge in [-0.3, -0.25) is 0 Å². The highest BCUT2D eigenvalue weighted by Gasteiger charge is 2.31. The fraction of sp³-hybridized carbons (Fsp3) is 0.286. The molecule has 0 aliphatic rings. The summed E-state index contributed by atoms with van der Waals surface area (Å²) in [6, 6.07) is 10.7. The molecule has 0 unspecified atom stereocenters. The van der Waals surface area contributed by atoms with E-state index in [1.165, 1.54) is 12.1 Å². The van der Waals surface area contributed by atoms with Crippen molar-refractivity contribution in [2.45, 2.75) is 32.1 Å². The van der Waals surface area contributed by atoms with E-state index in [0.717, 1.165) is 17.7 Å². The van der Waals surface area contributed by atoms with Crippen LogP contribution < -0.4 is 10.1 Å². The molecule has 0 spiro atoms. The van der Waals surface area contributed by atoms with Crippen molar-refractivity contribution in [3.05, 3.63) is 59.7 Å². The van der Waals surface area contributed by atoms with Crippen LogP contribution in [-0.4, -0.2) is 27.7 Å². The number of anilines is 2. The van der Waals surface area contributed by atoms with E-state index in [2.05, 4.69) is 25.0 Å². The molecule has 3 rings (SSSR count). The van der Waals surface area contributed by atoms with E-state index in [9.17, 15) is 26.3 Å². The maximum Gasteiger partial charge on any atom is 0.422 e. The quantitative estimate of drug-likeness (QED) is 0.437. The maximum absolute atomic E-state index is 13.0. The van der Waals surface area contributed by atoms with Crippen LogP contribution in [0.15, 0.2) is 48.5 Å². The Morgan fingerprint density at radius 2 is 1.62 bits per heavy atom. The van der Waals surface area contributed by atoms with E-state index >= 15 is 0 Å². The lowest BCUT2D eigenvalue weighted by molar-refractivity contribution is -0.154. The number of halogens is 6. The van der Waals surface area contributed by atoms with Crippen LogP contribution in [0.1, 0.15) is 30.9 Å². The van der Waals surface area contributed by atoms with Crippen molar-refractivity contribution in [1.29, 1.82) is 0 Å². The van der Waals surface area contributed by atoms with Crippen LogP contribution >= 0.6 is 0 Å². The van der Waals surface area contributed by atoms with E-state index in [1.54, 1.807) is 18.2 Å². The predicted octanol–water partition coefficient (Wildman–Crippen LogP) is 6.37. The largest absolute Gasteiger partial charge is 0.454 e. The fourth-order valence-corrected chi connectivity index (χ4v) is 2.69. The van der Waals surface area contributed by atoms with E-state index < -0.39 is 30.5 Å². The van der Waals surface area contributed by atoms with Crippen LogP contribution in [0, 0.1) is 0 Å². The molecule has 0 saturated heterocycles. The van der Waals surface area contributed by atoms with E-state index in [4.69, 9.17) is 0 Å². The summed E-state index contributed by atoms with van der Waals surface area (Å²) in [5, 5.41) is 2.58. The number of rotatable bonds is 6. The first-order valence-electron chi connectivity index (χ1n) is 9.41. The molecular weight excluding hydrogens is 438 g/mol. The Hall–Kier alpha value is -3.37. The van der Waals surface area contributed by atoms with E-state index in [-0.39, 0.29) is 23.4 Å². The maximum atomic E-state index is 13.0. The summed E-state index contributed by atoms with van der Waals surface area (Å²) in [5.74, 6) is -0.0870. The van der Waals surface area contributed by atoms with Gasteiger partial charge in [0.1, 0.15) is 0 Å². The highest BCUT2D eigenvalue weighted by molar-refractivity contribution is 5.61. The summed E-state index contributed by atoms with van der Waals surface area (Å²) >= 11 is 0. The van der Waals surface area contributed by atoms with Crippen LogP contribution in [0.4, 0.5) is 38.0 Å². The molecule has 0 bridgehead atoms. The lowest BCUT2D eigenvalue weighted by Gasteiger charge is -2.13. The molecule has 32 heavy (non-hydrogen) atoms. The zero-order valence-corrected chi connectivity index (χ0v) is 16.9. The zero-order valence-electron chi connectivity index (χ0n) is 16.9. The van der Waals surface area contributed by atoms with Crippen LogP contribution in [0.2, 0.25) is 0 Å². The average Bonchev–Trinajstić information content (AvgIpc) is 2.71. The summed E-state index contributed by atoms with van der Waals surface area (Å²) < 4.78 is 81.4. The molecule has 1 N–H and O–H groups in total. The summed E-state index contributed by atoms with van der Waals surface area (Å²) in [6.45, 7) is 2.29. The Labute approximate surface area is 179 Å².